The summed E-state index contributed by atoms with van der Waals surface area (Å²) in [4.78, 5) is 6.83. The Morgan fingerprint density at radius 3 is 2.41 bits per heavy atom. The van der Waals surface area contributed by atoms with Gasteiger partial charge in [-0.05, 0) is 56.3 Å². The largest absolute Gasteiger partial charge is 0.501 e. The second-order valence-electron chi connectivity index (χ2n) is 5.66. The molecule has 0 N–H and O–H groups in total. The van der Waals surface area contributed by atoms with Crippen molar-refractivity contribution in [2.75, 3.05) is 0 Å². The average molecular weight is 420 g/mol. The quantitative estimate of drug-likeness (QED) is 0.602. The monoisotopic (exact) mass is 420 g/mol. The van der Waals surface area contributed by atoms with Crippen LogP contribution in [0, 0.1) is 26.6 Å². The maximum absolute atomic E-state index is 13.4. The smallest absolute Gasteiger partial charge is 0.216 e. The molecule has 0 unspecified atom stereocenters. The van der Waals surface area contributed by atoms with E-state index < -0.39 is 26.1 Å². The molecule has 0 aliphatic carbocycles. The number of alkyl halides is 3. The van der Waals surface area contributed by atoms with Crippen LogP contribution in [0.4, 0.5) is 17.6 Å². The molecule has 12 heteroatoms. The van der Waals surface area contributed by atoms with Crippen LogP contribution in [0.5, 0.6) is 0 Å². The van der Waals surface area contributed by atoms with Crippen LogP contribution in [-0.2, 0) is 9.84 Å². The highest BCUT2D eigenvalue weighted by atomic mass is 32.2. The molecule has 0 bridgehead atoms. The normalized spacial score (nSPS) is 12.7. The number of hydrogen-bond donors (Lipinski definition) is 0. The lowest BCUT2D eigenvalue weighted by Crippen LogP contribution is -2.24. The Balaban J connectivity index is 2.12. The van der Waals surface area contributed by atoms with E-state index in [1.807, 2.05) is 6.92 Å². The predicted octanol–water partition coefficient (Wildman–Crippen LogP) is 3.63. The zero-order valence-corrected chi connectivity index (χ0v) is 15.8. The van der Waals surface area contributed by atoms with Crippen molar-refractivity contribution in [1.29, 1.82) is 0 Å². The summed E-state index contributed by atoms with van der Waals surface area (Å²) in [5.41, 5.74) is -3.24. The zero-order chi connectivity index (χ0) is 20.1. The van der Waals surface area contributed by atoms with Crippen LogP contribution in [-0.4, -0.2) is 33.5 Å². The minimum absolute atomic E-state index is 0.0131. The molecule has 0 atom stereocenters. The lowest BCUT2D eigenvalue weighted by atomic mass is 10.2. The van der Waals surface area contributed by atoms with Crippen LogP contribution in [0.2, 0.25) is 0 Å². The Hall–Kier alpha value is -2.21. The molecule has 0 spiro atoms. The molecule has 1 aromatic carbocycles. The van der Waals surface area contributed by atoms with E-state index in [-0.39, 0.29) is 15.8 Å². The van der Waals surface area contributed by atoms with Gasteiger partial charge in [-0.15, -0.1) is 5.10 Å². The van der Waals surface area contributed by atoms with Gasteiger partial charge in [0.2, 0.25) is 5.16 Å². The first-order valence-electron chi connectivity index (χ1n) is 7.41. The van der Waals surface area contributed by atoms with Crippen molar-refractivity contribution in [2.45, 2.75) is 41.2 Å². The molecule has 0 amide bonds. The van der Waals surface area contributed by atoms with E-state index in [4.69, 9.17) is 0 Å². The molecule has 6 nitrogen and oxygen atoms in total. The van der Waals surface area contributed by atoms with E-state index in [0.717, 1.165) is 23.4 Å². The molecule has 0 saturated carbocycles. The molecule has 144 valence electrons. The maximum Gasteiger partial charge on any atom is 0.501 e. The van der Waals surface area contributed by atoms with Gasteiger partial charge in [-0.3, -0.25) is 0 Å². The van der Waals surface area contributed by atoms with E-state index in [9.17, 15) is 26.0 Å². The summed E-state index contributed by atoms with van der Waals surface area (Å²) in [7, 11) is -5.74. The predicted molar refractivity (Wildman–Crippen MR) is 88.8 cm³/mol. The Kier molecular flexibility index (Phi) is 4.67. The average Bonchev–Trinajstić information content (AvgIpc) is 2.95. The number of benzene rings is 1. The van der Waals surface area contributed by atoms with Crippen molar-refractivity contribution < 1.29 is 26.0 Å². The van der Waals surface area contributed by atoms with Gasteiger partial charge in [0.05, 0.1) is 4.90 Å². The van der Waals surface area contributed by atoms with Crippen molar-refractivity contribution in [1.82, 2.24) is 19.6 Å². The first kappa shape index (κ1) is 19.5. The van der Waals surface area contributed by atoms with E-state index in [1.54, 1.807) is 13.8 Å². The first-order chi connectivity index (χ1) is 12.4. The molecule has 3 rings (SSSR count). The Morgan fingerprint density at radius 2 is 1.78 bits per heavy atom. The summed E-state index contributed by atoms with van der Waals surface area (Å²) >= 11 is 0.583. The highest BCUT2D eigenvalue weighted by Gasteiger charge is 2.48. The van der Waals surface area contributed by atoms with Gasteiger partial charge in [0.15, 0.2) is 0 Å². The van der Waals surface area contributed by atoms with Gasteiger partial charge in [-0.25, -0.2) is 22.3 Å². The third-order valence-electron chi connectivity index (χ3n) is 3.94. The molecule has 2 heterocycles. The molecule has 0 fully saturated rings. The molecule has 2 aromatic heterocycles. The Labute approximate surface area is 155 Å². The Bertz CT molecular complexity index is 1160. The number of aromatic nitrogens is 4. The standard InChI is InChI=1S/C15H12F4N4O2S2/c1-7-8(2)20-13-21-14(22-23(13)9(7)3)26-11-5-4-10(16)6-12(11)27(24,25)15(17,18)19/h4-6H,1-3H3. The number of fused-ring (bicyclic) bond motifs is 1. The number of nitrogens with zero attached hydrogens (tertiary/aromatic N) is 4. The molecule has 0 saturated heterocycles. The summed E-state index contributed by atoms with van der Waals surface area (Å²) in [6.45, 7) is 5.38. The fourth-order valence-corrected chi connectivity index (χ4v) is 4.33. The first-order valence-corrected chi connectivity index (χ1v) is 9.71. The summed E-state index contributed by atoms with van der Waals surface area (Å²) < 4.78 is 77.1. The van der Waals surface area contributed by atoms with Crippen LogP contribution in [0.1, 0.15) is 17.0 Å². The van der Waals surface area contributed by atoms with Gasteiger partial charge >= 0.3 is 5.51 Å². The van der Waals surface area contributed by atoms with E-state index in [0.29, 0.717) is 23.5 Å². The SMILES string of the molecule is Cc1nc2nc(Sc3ccc(F)cc3S(=O)(=O)C(F)(F)F)nn2c(C)c1C. The van der Waals surface area contributed by atoms with E-state index >= 15 is 0 Å². The van der Waals surface area contributed by atoms with Crippen molar-refractivity contribution in [3.05, 3.63) is 41.0 Å². The fraction of sp³-hybridized carbons (Fsp3) is 0.267. The van der Waals surface area contributed by atoms with Crippen LogP contribution >= 0.6 is 11.8 Å². The van der Waals surface area contributed by atoms with Crippen LogP contribution in [0.15, 0.2) is 33.1 Å². The van der Waals surface area contributed by atoms with Gasteiger partial charge in [0.1, 0.15) is 5.82 Å². The van der Waals surface area contributed by atoms with Gasteiger partial charge in [0, 0.05) is 16.3 Å². The third kappa shape index (κ3) is 3.38. The van der Waals surface area contributed by atoms with Crippen molar-refractivity contribution >= 4 is 27.4 Å². The number of aryl methyl sites for hydroxylation is 2. The van der Waals surface area contributed by atoms with Gasteiger partial charge in [-0.1, -0.05) is 0 Å². The highest BCUT2D eigenvalue weighted by molar-refractivity contribution is 8.00. The van der Waals surface area contributed by atoms with E-state index in [2.05, 4.69) is 15.1 Å². The highest BCUT2D eigenvalue weighted by Crippen LogP contribution is 2.38. The lowest BCUT2D eigenvalue weighted by molar-refractivity contribution is -0.0437. The van der Waals surface area contributed by atoms with Crippen molar-refractivity contribution in [2.24, 2.45) is 0 Å². The topological polar surface area (TPSA) is 77.2 Å². The second kappa shape index (κ2) is 6.44. The minimum Gasteiger partial charge on any atom is -0.216 e. The molecule has 3 aromatic rings. The zero-order valence-electron chi connectivity index (χ0n) is 14.2. The number of hydrogen-bond acceptors (Lipinski definition) is 6. The van der Waals surface area contributed by atoms with Crippen molar-refractivity contribution in [3.8, 4) is 0 Å². The third-order valence-corrected chi connectivity index (χ3v) is 6.53. The molecular formula is C15H12F4N4O2S2. The lowest BCUT2D eigenvalue weighted by Gasteiger charge is -2.11. The maximum atomic E-state index is 13.4. The van der Waals surface area contributed by atoms with Crippen molar-refractivity contribution in [3.63, 3.8) is 0 Å². The molecule has 0 aliphatic rings. The van der Waals surface area contributed by atoms with Crippen LogP contribution < -0.4 is 0 Å². The summed E-state index contributed by atoms with van der Waals surface area (Å²) in [6.07, 6.45) is 0. The van der Waals surface area contributed by atoms with Crippen LogP contribution in [0.25, 0.3) is 5.78 Å². The molecule has 0 aliphatic heterocycles. The summed E-state index contributed by atoms with van der Waals surface area (Å²) in [6, 6.07) is 2.14. The number of rotatable bonds is 3. The van der Waals surface area contributed by atoms with Gasteiger partial charge in [0.25, 0.3) is 15.6 Å². The Morgan fingerprint density at radius 1 is 1.11 bits per heavy atom. The molecule has 0 radical (unpaired) electrons. The number of sulfone groups is 1. The van der Waals surface area contributed by atoms with E-state index in [1.165, 1.54) is 4.52 Å². The number of halogens is 4. The minimum atomic E-state index is -5.74. The van der Waals surface area contributed by atoms with Gasteiger partial charge < -0.3 is 0 Å². The molecular weight excluding hydrogens is 408 g/mol. The molecule has 27 heavy (non-hydrogen) atoms. The van der Waals surface area contributed by atoms with Gasteiger partial charge in [-0.2, -0.15) is 18.2 Å². The summed E-state index contributed by atoms with van der Waals surface area (Å²) in [5, 5.41) is 4.14. The summed E-state index contributed by atoms with van der Waals surface area (Å²) in [5.74, 6) is -0.880. The second-order valence-corrected chi connectivity index (χ2v) is 8.57. The van der Waals surface area contributed by atoms with Crippen LogP contribution in [0.3, 0.4) is 0 Å². The fourth-order valence-electron chi connectivity index (χ4n) is 2.28.